The highest BCUT2D eigenvalue weighted by Crippen LogP contribution is 2.30. The summed E-state index contributed by atoms with van der Waals surface area (Å²) in [6, 6.07) is 9.40. The molecular weight excluding hydrogens is 422 g/mol. The predicted octanol–water partition coefficient (Wildman–Crippen LogP) is 3.55. The molecule has 32 heavy (non-hydrogen) atoms. The number of hydrogen-bond donors (Lipinski definition) is 0. The van der Waals surface area contributed by atoms with Gasteiger partial charge < -0.3 is 9.47 Å². The Morgan fingerprint density at radius 3 is 2.59 bits per heavy atom. The second kappa shape index (κ2) is 9.99. The Morgan fingerprint density at radius 1 is 1.12 bits per heavy atom. The Hall–Kier alpha value is -3.13. The summed E-state index contributed by atoms with van der Waals surface area (Å²) in [5, 5.41) is 5.28. The van der Waals surface area contributed by atoms with E-state index in [0.717, 1.165) is 48.8 Å². The van der Waals surface area contributed by atoms with Crippen LogP contribution in [0.15, 0.2) is 65.6 Å². The lowest BCUT2D eigenvalue weighted by Crippen LogP contribution is -2.32. The number of carbonyl (C=O) groups excluding carboxylic acids is 1. The SMILES string of the molecule is C=CCN(CC=C)C(=O)CSc1nc2nn(-c3ccccc3)c(=O)c-2c2n1CCCCC2. The van der Waals surface area contributed by atoms with Crippen LogP contribution in [0.2, 0.25) is 0 Å². The maximum absolute atomic E-state index is 13.3. The highest BCUT2D eigenvalue weighted by atomic mass is 32.2. The lowest BCUT2D eigenvalue weighted by atomic mass is 10.1. The first-order valence-electron chi connectivity index (χ1n) is 10.8. The molecule has 1 aromatic rings. The maximum Gasteiger partial charge on any atom is 0.284 e. The average Bonchev–Trinajstić information content (AvgIpc) is 2.97. The van der Waals surface area contributed by atoms with Crippen LogP contribution in [0.3, 0.4) is 0 Å². The van der Waals surface area contributed by atoms with E-state index in [9.17, 15) is 9.59 Å². The van der Waals surface area contributed by atoms with Gasteiger partial charge in [0.1, 0.15) is 5.56 Å². The van der Waals surface area contributed by atoms with Crippen molar-refractivity contribution in [1.29, 1.82) is 0 Å². The van der Waals surface area contributed by atoms with Gasteiger partial charge in [0.2, 0.25) is 5.91 Å². The van der Waals surface area contributed by atoms with Gasteiger partial charge in [0.15, 0.2) is 11.0 Å². The fraction of sp³-hybridized carbons (Fsp3) is 0.333. The van der Waals surface area contributed by atoms with Crippen LogP contribution in [0, 0.1) is 0 Å². The number of fused-ring (bicyclic) bond motifs is 3. The van der Waals surface area contributed by atoms with Gasteiger partial charge in [0.05, 0.1) is 11.4 Å². The number of thioether (sulfide) groups is 1. The second-order valence-electron chi connectivity index (χ2n) is 7.72. The van der Waals surface area contributed by atoms with E-state index >= 15 is 0 Å². The highest BCUT2D eigenvalue weighted by molar-refractivity contribution is 7.99. The summed E-state index contributed by atoms with van der Waals surface area (Å²) in [5.41, 5.74) is 2.15. The molecule has 0 unspecified atom stereocenters. The molecule has 166 valence electrons. The summed E-state index contributed by atoms with van der Waals surface area (Å²) in [6.07, 6.45) is 7.36. The summed E-state index contributed by atoms with van der Waals surface area (Å²) in [5.74, 6) is 0.693. The molecule has 0 radical (unpaired) electrons. The van der Waals surface area contributed by atoms with Crippen molar-refractivity contribution in [3.63, 3.8) is 0 Å². The normalized spacial score (nSPS) is 13.4. The molecule has 0 saturated carbocycles. The van der Waals surface area contributed by atoms with Crippen LogP contribution in [0.1, 0.15) is 25.0 Å². The third-order valence-electron chi connectivity index (χ3n) is 5.54. The van der Waals surface area contributed by atoms with Crippen LogP contribution in [0.4, 0.5) is 0 Å². The van der Waals surface area contributed by atoms with Gasteiger partial charge in [-0.25, -0.2) is 4.98 Å². The Balaban J connectivity index is 1.73. The van der Waals surface area contributed by atoms with Gasteiger partial charge in [0, 0.05) is 25.3 Å². The molecule has 3 aliphatic rings. The number of benzene rings is 1. The van der Waals surface area contributed by atoms with Crippen molar-refractivity contribution >= 4 is 17.7 Å². The molecule has 1 aromatic carbocycles. The molecule has 0 aliphatic carbocycles. The summed E-state index contributed by atoms with van der Waals surface area (Å²) >= 11 is 1.40. The van der Waals surface area contributed by atoms with Crippen molar-refractivity contribution in [1.82, 2.24) is 24.2 Å². The van der Waals surface area contributed by atoms with Crippen molar-refractivity contribution in [2.45, 2.75) is 37.4 Å². The average molecular weight is 450 g/mol. The van der Waals surface area contributed by atoms with E-state index in [1.165, 1.54) is 16.4 Å². The zero-order valence-corrected chi connectivity index (χ0v) is 18.9. The van der Waals surface area contributed by atoms with Crippen LogP contribution in [-0.4, -0.2) is 49.0 Å². The molecule has 3 aliphatic heterocycles. The lowest BCUT2D eigenvalue weighted by Gasteiger charge is -2.20. The highest BCUT2D eigenvalue weighted by Gasteiger charge is 2.27. The first-order chi connectivity index (χ1) is 15.6. The van der Waals surface area contributed by atoms with E-state index in [2.05, 4.69) is 22.8 Å². The minimum atomic E-state index is -0.139. The van der Waals surface area contributed by atoms with Gasteiger partial charge in [-0.3, -0.25) is 9.59 Å². The van der Waals surface area contributed by atoms with Gasteiger partial charge in [-0.1, -0.05) is 48.5 Å². The monoisotopic (exact) mass is 449 g/mol. The fourth-order valence-electron chi connectivity index (χ4n) is 4.02. The van der Waals surface area contributed by atoms with Crippen LogP contribution in [-0.2, 0) is 17.8 Å². The zero-order chi connectivity index (χ0) is 22.5. The third-order valence-corrected chi connectivity index (χ3v) is 6.51. The topological polar surface area (TPSA) is 73.0 Å². The first-order valence-corrected chi connectivity index (χ1v) is 11.8. The van der Waals surface area contributed by atoms with Gasteiger partial charge >= 0.3 is 0 Å². The smallest absolute Gasteiger partial charge is 0.284 e. The minimum Gasteiger partial charge on any atom is -0.335 e. The molecule has 4 rings (SSSR count). The van der Waals surface area contributed by atoms with Crippen molar-refractivity contribution in [2.75, 3.05) is 18.8 Å². The quantitative estimate of drug-likeness (QED) is 0.299. The molecule has 0 spiro atoms. The summed E-state index contributed by atoms with van der Waals surface area (Å²) < 4.78 is 3.55. The molecule has 0 atom stereocenters. The van der Waals surface area contributed by atoms with Crippen molar-refractivity contribution in [3.05, 3.63) is 71.7 Å². The minimum absolute atomic E-state index is 0.000928. The molecule has 0 saturated heterocycles. The molecule has 0 fully saturated rings. The standard InChI is InChI=1S/C24H27N5O2S/c1-3-14-27(15-4-2)20(30)17-32-24-25-22-21(19-13-9-6-10-16-28(19)24)23(31)29(26-22)18-11-7-5-8-12-18/h3-5,7-8,11-12H,1-2,6,9-10,13-17H2. The number of para-hydroxylation sites is 1. The molecule has 0 N–H and O–H groups in total. The zero-order valence-electron chi connectivity index (χ0n) is 18.1. The number of amides is 1. The molecule has 0 aromatic heterocycles. The predicted molar refractivity (Wildman–Crippen MR) is 127 cm³/mol. The molecule has 0 bridgehead atoms. The number of nitrogens with zero attached hydrogens (tertiary/aromatic N) is 5. The van der Waals surface area contributed by atoms with Crippen LogP contribution in [0.25, 0.3) is 17.1 Å². The van der Waals surface area contributed by atoms with Crippen LogP contribution >= 0.6 is 11.8 Å². The Kier molecular flexibility index (Phi) is 6.90. The number of rotatable bonds is 8. The number of carbonyl (C=O) groups is 1. The molecule has 7 nitrogen and oxygen atoms in total. The lowest BCUT2D eigenvalue weighted by molar-refractivity contribution is -0.127. The third kappa shape index (κ3) is 4.41. The fourth-order valence-corrected chi connectivity index (χ4v) is 4.96. The first kappa shape index (κ1) is 22.1. The van der Waals surface area contributed by atoms with Crippen LogP contribution < -0.4 is 5.56 Å². The summed E-state index contributed by atoms with van der Waals surface area (Å²) in [4.78, 5) is 32.5. The number of aromatic nitrogens is 4. The van der Waals surface area contributed by atoms with E-state index in [1.54, 1.807) is 17.1 Å². The molecule has 8 heteroatoms. The van der Waals surface area contributed by atoms with Gasteiger partial charge in [-0.15, -0.1) is 18.3 Å². The molecule has 1 amide bonds. The Labute approximate surface area is 191 Å². The van der Waals surface area contributed by atoms with E-state index < -0.39 is 0 Å². The van der Waals surface area contributed by atoms with E-state index in [1.807, 2.05) is 30.3 Å². The van der Waals surface area contributed by atoms with E-state index in [0.29, 0.717) is 24.5 Å². The number of hydrogen-bond acceptors (Lipinski definition) is 5. The van der Waals surface area contributed by atoms with Gasteiger partial charge in [0.25, 0.3) is 5.56 Å². The van der Waals surface area contributed by atoms with Crippen LogP contribution in [0.5, 0.6) is 0 Å². The molecular formula is C24H27N5O2S. The largest absolute Gasteiger partial charge is 0.335 e. The van der Waals surface area contributed by atoms with E-state index in [-0.39, 0.29) is 17.2 Å². The Morgan fingerprint density at radius 2 is 1.88 bits per heavy atom. The maximum atomic E-state index is 13.3. The van der Waals surface area contributed by atoms with Crippen molar-refractivity contribution in [3.8, 4) is 17.1 Å². The van der Waals surface area contributed by atoms with Crippen molar-refractivity contribution < 1.29 is 4.79 Å². The van der Waals surface area contributed by atoms with Crippen molar-refractivity contribution in [2.24, 2.45) is 0 Å². The van der Waals surface area contributed by atoms with Gasteiger partial charge in [-0.05, 0) is 31.4 Å². The van der Waals surface area contributed by atoms with Gasteiger partial charge in [-0.2, -0.15) is 4.68 Å². The molecule has 3 heterocycles. The summed E-state index contributed by atoms with van der Waals surface area (Å²) in [7, 11) is 0. The second-order valence-corrected chi connectivity index (χ2v) is 8.66. The Bertz CT molecular complexity index is 1140. The summed E-state index contributed by atoms with van der Waals surface area (Å²) in [6.45, 7) is 9.20. The van der Waals surface area contributed by atoms with E-state index in [4.69, 9.17) is 4.98 Å².